The van der Waals surface area contributed by atoms with Crippen LogP contribution in [0.2, 0.25) is 0 Å². The van der Waals surface area contributed by atoms with Gasteiger partial charge in [-0.15, -0.1) is 0 Å². The van der Waals surface area contributed by atoms with E-state index in [9.17, 15) is 19.7 Å². The standard InChI is InChI=1S/C15H18N4O4/c1-17-12-7-10(16-9-5-3-4-6-9)11(19(22)23)8-13(12)18(2)15(21)14(17)20/h7-9,16H,3-6H2,1-2H3. The monoisotopic (exact) mass is 318 g/mol. The lowest BCUT2D eigenvalue weighted by Gasteiger charge is -2.16. The Hall–Kier alpha value is -2.64. The second-order valence-electron chi connectivity index (χ2n) is 5.97. The molecule has 0 atom stereocenters. The Balaban J connectivity index is 2.26. The first-order valence-corrected chi connectivity index (χ1v) is 7.55. The zero-order chi connectivity index (χ0) is 16.7. The molecule has 0 saturated heterocycles. The van der Waals surface area contributed by atoms with Gasteiger partial charge in [-0.2, -0.15) is 0 Å². The first kappa shape index (κ1) is 15.3. The predicted molar refractivity (Wildman–Crippen MR) is 87.0 cm³/mol. The van der Waals surface area contributed by atoms with Gasteiger partial charge in [0.25, 0.3) is 5.69 Å². The number of hydrogen-bond acceptors (Lipinski definition) is 5. The van der Waals surface area contributed by atoms with Crippen LogP contribution in [0.5, 0.6) is 0 Å². The Kier molecular flexibility index (Phi) is 3.67. The third-order valence-corrected chi connectivity index (χ3v) is 4.52. The molecule has 0 spiro atoms. The number of nitrogens with zero attached hydrogens (tertiary/aromatic N) is 3. The maximum Gasteiger partial charge on any atom is 0.316 e. The van der Waals surface area contributed by atoms with Gasteiger partial charge in [0.05, 0.1) is 16.0 Å². The molecule has 0 bridgehead atoms. The van der Waals surface area contributed by atoms with Gasteiger partial charge in [0, 0.05) is 26.2 Å². The summed E-state index contributed by atoms with van der Waals surface area (Å²) < 4.78 is 2.39. The van der Waals surface area contributed by atoms with Gasteiger partial charge in [0.1, 0.15) is 5.69 Å². The van der Waals surface area contributed by atoms with E-state index < -0.39 is 16.0 Å². The van der Waals surface area contributed by atoms with Gasteiger partial charge in [-0.05, 0) is 18.9 Å². The van der Waals surface area contributed by atoms with Gasteiger partial charge >= 0.3 is 11.1 Å². The van der Waals surface area contributed by atoms with Gasteiger partial charge in [0.2, 0.25) is 0 Å². The summed E-state index contributed by atoms with van der Waals surface area (Å²) in [5.41, 5.74) is -0.198. The van der Waals surface area contributed by atoms with Crippen molar-refractivity contribution in [3.05, 3.63) is 43.0 Å². The van der Waals surface area contributed by atoms with Crippen molar-refractivity contribution in [2.24, 2.45) is 14.1 Å². The lowest BCUT2D eigenvalue weighted by atomic mass is 10.1. The van der Waals surface area contributed by atoms with E-state index in [0.29, 0.717) is 16.7 Å². The molecular formula is C15H18N4O4. The van der Waals surface area contributed by atoms with Gasteiger partial charge in [0.15, 0.2) is 0 Å². The number of fused-ring (bicyclic) bond motifs is 1. The minimum atomic E-state index is -0.703. The summed E-state index contributed by atoms with van der Waals surface area (Å²) in [6, 6.07) is 3.15. The smallest absolute Gasteiger partial charge is 0.316 e. The van der Waals surface area contributed by atoms with Crippen molar-refractivity contribution in [2.45, 2.75) is 31.7 Å². The zero-order valence-electron chi connectivity index (χ0n) is 13.0. The van der Waals surface area contributed by atoms with Gasteiger partial charge in [-0.3, -0.25) is 19.7 Å². The summed E-state index contributed by atoms with van der Waals surface area (Å²) in [5.74, 6) is 0. The molecule has 1 aliphatic rings. The van der Waals surface area contributed by atoms with E-state index >= 15 is 0 Å². The highest BCUT2D eigenvalue weighted by Crippen LogP contribution is 2.32. The highest BCUT2D eigenvalue weighted by molar-refractivity contribution is 5.85. The Morgan fingerprint density at radius 3 is 2.13 bits per heavy atom. The highest BCUT2D eigenvalue weighted by atomic mass is 16.6. The molecule has 1 aromatic heterocycles. The van der Waals surface area contributed by atoms with Crippen LogP contribution in [0.25, 0.3) is 11.0 Å². The van der Waals surface area contributed by atoms with Crippen LogP contribution < -0.4 is 16.4 Å². The average Bonchev–Trinajstić information content (AvgIpc) is 3.03. The molecule has 1 N–H and O–H groups in total. The molecule has 0 amide bonds. The van der Waals surface area contributed by atoms with Crippen molar-refractivity contribution in [1.29, 1.82) is 0 Å². The molecule has 0 unspecified atom stereocenters. The minimum absolute atomic E-state index is 0.0851. The largest absolute Gasteiger partial charge is 0.377 e. The first-order chi connectivity index (χ1) is 10.9. The molecule has 1 aliphatic carbocycles. The number of rotatable bonds is 3. The SMILES string of the molecule is Cn1c(=O)c(=O)n(C)c2cc([N+](=O)[O-])c(NC3CCCC3)cc21. The first-order valence-electron chi connectivity index (χ1n) is 7.55. The molecule has 2 aromatic rings. The van der Waals surface area contributed by atoms with Crippen molar-refractivity contribution in [2.75, 3.05) is 5.32 Å². The van der Waals surface area contributed by atoms with Crippen molar-refractivity contribution in [3.63, 3.8) is 0 Å². The summed E-state index contributed by atoms with van der Waals surface area (Å²) in [6.07, 6.45) is 4.15. The second kappa shape index (κ2) is 5.53. The summed E-state index contributed by atoms with van der Waals surface area (Å²) in [5, 5.41) is 14.6. The fourth-order valence-corrected chi connectivity index (χ4v) is 3.17. The molecule has 1 fully saturated rings. The number of nitro groups is 1. The van der Waals surface area contributed by atoms with E-state index in [0.717, 1.165) is 30.3 Å². The second-order valence-corrected chi connectivity index (χ2v) is 5.97. The van der Waals surface area contributed by atoms with E-state index in [1.165, 1.54) is 24.7 Å². The lowest BCUT2D eigenvalue weighted by molar-refractivity contribution is -0.383. The molecule has 0 radical (unpaired) electrons. The Morgan fingerprint density at radius 2 is 1.61 bits per heavy atom. The predicted octanol–water partition coefficient (Wildman–Crippen LogP) is 1.50. The molecule has 1 aromatic carbocycles. The van der Waals surface area contributed by atoms with Crippen molar-refractivity contribution in [1.82, 2.24) is 9.13 Å². The minimum Gasteiger partial charge on any atom is -0.377 e. The van der Waals surface area contributed by atoms with Crippen molar-refractivity contribution in [3.8, 4) is 0 Å². The summed E-state index contributed by atoms with van der Waals surface area (Å²) in [6.45, 7) is 0. The van der Waals surface area contributed by atoms with Gasteiger partial charge in [-0.1, -0.05) is 12.8 Å². The number of nitro benzene ring substituents is 1. The van der Waals surface area contributed by atoms with E-state index in [-0.39, 0.29) is 11.7 Å². The topological polar surface area (TPSA) is 99.2 Å². The van der Waals surface area contributed by atoms with Gasteiger partial charge in [-0.25, -0.2) is 0 Å². The molecule has 3 rings (SSSR count). The van der Waals surface area contributed by atoms with Gasteiger partial charge < -0.3 is 14.5 Å². The molecule has 1 heterocycles. The number of anilines is 1. The molecule has 8 nitrogen and oxygen atoms in total. The normalized spacial score (nSPS) is 15.2. The van der Waals surface area contributed by atoms with Crippen LogP contribution >= 0.6 is 0 Å². The van der Waals surface area contributed by atoms with E-state index in [1.807, 2.05) is 0 Å². The van der Waals surface area contributed by atoms with Crippen molar-refractivity contribution >= 4 is 22.4 Å². The maximum absolute atomic E-state index is 12.0. The maximum atomic E-state index is 12.0. The molecule has 8 heteroatoms. The summed E-state index contributed by atoms with van der Waals surface area (Å²) in [4.78, 5) is 34.8. The third-order valence-electron chi connectivity index (χ3n) is 4.52. The third kappa shape index (κ3) is 2.49. The Morgan fingerprint density at radius 1 is 1.09 bits per heavy atom. The van der Waals surface area contributed by atoms with E-state index in [2.05, 4.69) is 5.32 Å². The molecule has 23 heavy (non-hydrogen) atoms. The Bertz CT molecular complexity index is 906. The summed E-state index contributed by atoms with van der Waals surface area (Å²) in [7, 11) is 2.94. The van der Waals surface area contributed by atoms with Crippen LogP contribution in [-0.4, -0.2) is 20.1 Å². The fourth-order valence-electron chi connectivity index (χ4n) is 3.17. The van der Waals surface area contributed by atoms with Crippen LogP contribution in [-0.2, 0) is 14.1 Å². The highest BCUT2D eigenvalue weighted by Gasteiger charge is 2.22. The van der Waals surface area contributed by atoms with E-state index in [1.54, 1.807) is 6.07 Å². The van der Waals surface area contributed by atoms with E-state index in [4.69, 9.17) is 0 Å². The fraction of sp³-hybridized carbons (Fsp3) is 0.467. The molecule has 0 aliphatic heterocycles. The number of hydrogen-bond donors (Lipinski definition) is 1. The molecular weight excluding hydrogens is 300 g/mol. The zero-order valence-corrected chi connectivity index (χ0v) is 13.0. The number of aromatic nitrogens is 2. The lowest BCUT2D eigenvalue weighted by Crippen LogP contribution is -2.39. The molecule has 1 saturated carbocycles. The molecule has 122 valence electrons. The van der Waals surface area contributed by atoms with Crippen LogP contribution in [0.1, 0.15) is 25.7 Å². The number of benzene rings is 1. The van der Waals surface area contributed by atoms with Crippen molar-refractivity contribution < 1.29 is 4.92 Å². The number of nitrogens with one attached hydrogen (secondary N) is 1. The van der Waals surface area contributed by atoms with Crippen LogP contribution in [0.4, 0.5) is 11.4 Å². The van der Waals surface area contributed by atoms with Crippen LogP contribution in [0, 0.1) is 10.1 Å². The average molecular weight is 318 g/mol. The summed E-state index contributed by atoms with van der Waals surface area (Å²) >= 11 is 0. The van der Waals surface area contributed by atoms with Crippen LogP contribution in [0.15, 0.2) is 21.7 Å². The van der Waals surface area contributed by atoms with Crippen LogP contribution in [0.3, 0.4) is 0 Å². The quantitative estimate of drug-likeness (QED) is 0.525. The Labute approximate surface area is 131 Å². The number of aryl methyl sites for hydroxylation is 2.